The molecule has 0 saturated carbocycles. The van der Waals surface area contributed by atoms with Gasteiger partial charge in [-0.3, -0.25) is 0 Å². The number of nitrogens with zero attached hydrogens (tertiary/aromatic N) is 2. The second-order valence-electron chi connectivity index (χ2n) is 5.00. The monoisotopic (exact) mass is 253 g/mol. The summed E-state index contributed by atoms with van der Waals surface area (Å²) in [5, 5.41) is 1.19. The van der Waals surface area contributed by atoms with Crippen LogP contribution in [0.1, 0.15) is 56.5 Å². The fraction of sp³-hybridized carbons (Fsp3) is 0.769. The molecule has 0 spiro atoms. The zero-order valence-electron chi connectivity index (χ0n) is 11.1. The Labute approximate surface area is 108 Å². The molecule has 0 aliphatic carbocycles. The molecular formula is C13H23N3S. The van der Waals surface area contributed by atoms with Gasteiger partial charge in [0.1, 0.15) is 0 Å². The highest BCUT2D eigenvalue weighted by molar-refractivity contribution is 7.15. The summed E-state index contributed by atoms with van der Waals surface area (Å²) < 4.78 is 0. The van der Waals surface area contributed by atoms with E-state index in [9.17, 15) is 0 Å². The topological polar surface area (TPSA) is 42.2 Å². The maximum Gasteiger partial charge on any atom is 0.186 e. The van der Waals surface area contributed by atoms with Crippen molar-refractivity contribution in [2.24, 2.45) is 5.73 Å². The Morgan fingerprint density at radius 2 is 2.35 bits per heavy atom. The molecule has 1 aliphatic heterocycles. The molecule has 0 bridgehead atoms. The van der Waals surface area contributed by atoms with Crippen molar-refractivity contribution in [3.63, 3.8) is 0 Å². The van der Waals surface area contributed by atoms with E-state index in [1.807, 2.05) is 0 Å². The van der Waals surface area contributed by atoms with E-state index >= 15 is 0 Å². The van der Waals surface area contributed by atoms with Crippen LogP contribution in [0.3, 0.4) is 0 Å². The molecule has 0 amide bonds. The van der Waals surface area contributed by atoms with Crippen LogP contribution < -0.4 is 10.6 Å². The van der Waals surface area contributed by atoms with Crippen molar-refractivity contribution in [3.8, 4) is 0 Å². The molecule has 2 unspecified atom stereocenters. The Morgan fingerprint density at radius 3 is 2.88 bits per heavy atom. The Bertz CT molecular complexity index is 375. The van der Waals surface area contributed by atoms with Crippen LogP contribution in [0.2, 0.25) is 0 Å². The van der Waals surface area contributed by atoms with Gasteiger partial charge in [-0.25, -0.2) is 4.98 Å². The number of hydrogen-bond acceptors (Lipinski definition) is 4. The van der Waals surface area contributed by atoms with E-state index < -0.39 is 0 Å². The molecule has 1 aliphatic rings. The number of aromatic nitrogens is 1. The summed E-state index contributed by atoms with van der Waals surface area (Å²) in [6.45, 7) is 8.52. The lowest BCUT2D eigenvalue weighted by Gasteiger charge is -2.19. The molecule has 2 rings (SSSR count). The van der Waals surface area contributed by atoms with Crippen molar-refractivity contribution in [3.05, 3.63) is 10.6 Å². The van der Waals surface area contributed by atoms with Gasteiger partial charge in [0.2, 0.25) is 0 Å². The lowest BCUT2D eigenvalue weighted by Crippen LogP contribution is -2.26. The molecular weight excluding hydrogens is 230 g/mol. The van der Waals surface area contributed by atoms with Crippen LogP contribution in [-0.4, -0.2) is 17.6 Å². The summed E-state index contributed by atoms with van der Waals surface area (Å²) in [4.78, 5) is 8.56. The Morgan fingerprint density at radius 1 is 1.59 bits per heavy atom. The van der Waals surface area contributed by atoms with Crippen molar-refractivity contribution < 1.29 is 0 Å². The molecule has 1 aromatic heterocycles. The third-order valence-electron chi connectivity index (χ3n) is 3.78. The molecule has 1 saturated heterocycles. The molecule has 2 N–H and O–H groups in total. The molecule has 0 aromatic carbocycles. The number of nitrogens with two attached hydrogens (primary N) is 1. The van der Waals surface area contributed by atoms with Crippen LogP contribution in [0, 0.1) is 0 Å². The maximum atomic E-state index is 5.84. The van der Waals surface area contributed by atoms with Crippen LogP contribution in [0.5, 0.6) is 0 Å². The number of anilines is 1. The molecule has 1 aromatic rings. The van der Waals surface area contributed by atoms with E-state index in [0.29, 0.717) is 18.5 Å². The van der Waals surface area contributed by atoms with Crippen LogP contribution in [0.4, 0.5) is 5.13 Å². The van der Waals surface area contributed by atoms with Gasteiger partial charge in [-0.1, -0.05) is 13.8 Å². The number of thiazole rings is 1. The van der Waals surface area contributed by atoms with Gasteiger partial charge in [0.15, 0.2) is 5.13 Å². The summed E-state index contributed by atoms with van der Waals surface area (Å²) >= 11 is 1.79. The molecule has 96 valence electrons. The van der Waals surface area contributed by atoms with Crippen LogP contribution in [0.15, 0.2) is 0 Å². The predicted molar refractivity (Wildman–Crippen MR) is 74.8 cm³/mol. The van der Waals surface area contributed by atoms with Gasteiger partial charge < -0.3 is 10.6 Å². The minimum atomic E-state index is 0.524. The van der Waals surface area contributed by atoms with Crippen LogP contribution in [-0.2, 0) is 6.54 Å². The maximum absolute atomic E-state index is 5.84. The molecule has 4 heteroatoms. The lowest BCUT2D eigenvalue weighted by atomic mass is 10.0. The fourth-order valence-corrected chi connectivity index (χ4v) is 3.60. The van der Waals surface area contributed by atoms with Crippen LogP contribution >= 0.6 is 11.3 Å². The third kappa shape index (κ3) is 2.47. The number of rotatable bonds is 4. The molecule has 0 radical (unpaired) electrons. The molecule has 1 fully saturated rings. The normalized spacial score (nSPS) is 22.1. The highest BCUT2D eigenvalue weighted by Gasteiger charge is 2.25. The van der Waals surface area contributed by atoms with Gasteiger partial charge in [-0.2, -0.15) is 0 Å². The average molecular weight is 253 g/mol. The standard InChI is InChI=1S/C13H23N3S/c1-4-9(2)12-11(8-14)17-13(15-12)16-7-5-6-10(16)3/h9-10H,4-8,14H2,1-3H3. The van der Waals surface area contributed by atoms with E-state index in [1.165, 1.54) is 28.5 Å². The Hall–Kier alpha value is -0.610. The molecule has 2 atom stereocenters. The minimum absolute atomic E-state index is 0.524. The first-order valence-corrected chi connectivity index (χ1v) is 7.45. The largest absolute Gasteiger partial charge is 0.345 e. The van der Waals surface area contributed by atoms with Crippen molar-refractivity contribution in [2.45, 2.75) is 58.5 Å². The van der Waals surface area contributed by atoms with Crippen molar-refractivity contribution in [1.29, 1.82) is 0 Å². The van der Waals surface area contributed by atoms with E-state index in [1.54, 1.807) is 11.3 Å². The first-order chi connectivity index (χ1) is 8.17. The quantitative estimate of drug-likeness (QED) is 0.896. The van der Waals surface area contributed by atoms with Crippen molar-refractivity contribution >= 4 is 16.5 Å². The van der Waals surface area contributed by atoms with Gasteiger partial charge in [-0.05, 0) is 32.1 Å². The SMILES string of the molecule is CCC(C)c1nc(N2CCCC2C)sc1CN. The Balaban J connectivity index is 2.27. The summed E-state index contributed by atoms with van der Waals surface area (Å²) in [7, 11) is 0. The minimum Gasteiger partial charge on any atom is -0.345 e. The second-order valence-corrected chi connectivity index (χ2v) is 6.06. The second kappa shape index (κ2) is 5.36. The van der Waals surface area contributed by atoms with Gasteiger partial charge >= 0.3 is 0 Å². The van der Waals surface area contributed by atoms with Gasteiger partial charge in [0.25, 0.3) is 0 Å². The smallest absolute Gasteiger partial charge is 0.186 e. The lowest BCUT2D eigenvalue weighted by molar-refractivity contribution is 0.695. The predicted octanol–water partition coefficient (Wildman–Crippen LogP) is 3.10. The van der Waals surface area contributed by atoms with Gasteiger partial charge in [0, 0.05) is 24.0 Å². The summed E-state index contributed by atoms with van der Waals surface area (Å²) in [6, 6.07) is 0.636. The van der Waals surface area contributed by atoms with E-state index in [0.717, 1.165) is 13.0 Å². The zero-order valence-corrected chi connectivity index (χ0v) is 11.9. The third-order valence-corrected chi connectivity index (χ3v) is 4.91. The fourth-order valence-electron chi connectivity index (χ4n) is 2.42. The highest BCUT2D eigenvalue weighted by atomic mass is 32.1. The molecule has 2 heterocycles. The highest BCUT2D eigenvalue weighted by Crippen LogP contribution is 2.34. The van der Waals surface area contributed by atoms with Crippen molar-refractivity contribution in [2.75, 3.05) is 11.4 Å². The first-order valence-electron chi connectivity index (χ1n) is 6.63. The van der Waals surface area contributed by atoms with E-state index in [-0.39, 0.29) is 0 Å². The first kappa shape index (κ1) is 12.8. The number of hydrogen-bond donors (Lipinski definition) is 1. The van der Waals surface area contributed by atoms with E-state index in [4.69, 9.17) is 10.7 Å². The van der Waals surface area contributed by atoms with Crippen molar-refractivity contribution in [1.82, 2.24) is 4.98 Å². The summed E-state index contributed by atoms with van der Waals surface area (Å²) in [5.74, 6) is 0.524. The van der Waals surface area contributed by atoms with Gasteiger partial charge in [0.05, 0.1) is 5.69 Å². The average Bonchev–Trinajstić information content (AvgIpc) is 2.93. The molecule has 17 heavy (non-hydrogen) atoms. The zero-order chi connectivity index (χ0) is 12.4. The summed E-state index contributed by atoms with van der Waals surface area (Å²) in [5.41, 5.74) is 7.07. The van der Waals surface area contributed by atoms with E-state index in [2.05, 4.69) is 25.7 Å². The van der Waals surface area contributed by atoms with Crippen LogP contribution in [0.25, 0.3) is 0 Å². The Kier molecular flexibility index (Phi) is 4.05. The molecule has 3 nitrogen and oxygen atoms in total. The van der Waals surface area contributed by atoms with Gasteiger partial charge in [-0.15, -0.1) is 11.3 Å². The summed E-state index contributed by atoms with van der Waals surface area (Å²) in [6.07, 6.45) is 3.71.